The third-order valence-electron chi connectivity index (χ3n) is 2.42. The third kappa shape index (κ3) is 3.83. The number of carboxylic acids is 1. The summed E-state index contributed by atoms with van der Waals surface area (Å²) in [6, 6.07) is 6.84. The van der Waals surface area contributed by atoms with E-state index in [1.54, 1.807) is 31.2 Å². The monoisotopic (exact) mass is 242 g/mol. The molecule has 0 fully saturated rings. The van der Waals surface area contributed by atoms with Gasteiger partial charge in [-0.2, -0.15) is 0 Å². The van der Waals surface area contributed by atoms with Crippen molar-refractivity contribution in [3.63, 3.8) is 0 Å². The molecule has 3 nitrogen and oxygen atoms in total. The second-order valence-corrected chi connectivity index (χ2v) is 4.31. The summed E-state index contributed by atoms with van der Waals surface area (Å²) in [5, 5.41) is 18.8. The second kappa shape index (κ2) is 5.87. The highest BCUT2D eigenvalue weighted by atomic mass is 35.5. The summed E-state index contributed by atoms with van der Waals surface area (Å²) in [5.41, 5.74) is 0.681. The summed E-state index contributed by atoms with van der Waals surface area (Å²) >= 11 is 5.81. The molecule has 1 aromatic rings. The van der Waals surface area contributed by atoms with Crippen molar-refractivity contribution in [2.75, 3.05) is 0 Å². The molecule has 2 N–H and O–H groups in total. The van der Waals surface area contributed by atoms with Gasteiger partial charge >= 0.3 is 5.97 Å². The van der Waals surface area contributed by atoms with Crippen molar-refractivity contribution >= 4 is 17.6 Å². The lowest BCUT2D eigenvalue weighted by atomic mass is 9.93. The molecule has 16 heavy (non-hydrogen) atoms. The Morgan fingerprint density at radius 2 is 2.12 bits per heavy atom. The lowest BCUT2D eigenvalue weighted by Crippen LogP contribution is -2.14. The molecular formula is C12H15ClO3. The predicted molar refractivity (Wildman–Crippen MR) is 62.7 cm³/mol. The molecular weight excluding hydrogens is 228 g/mol. The molecule has 0 amide bonds. The zero-order chi connectivity index (χ0) is 12.1. The fourth-order valence-corrected chi connectivity index (χ4v) is 1.76. The van der Waals surface area contributed by atoms with Crippen molar-refractivity contribution < 1.29 is 15.0 Å². The van der Waals surface area contributed by atoms with Crippen LogP contribution in [0.3, 0.4) is 0 Å². The molecule has 0 aliphatic carbocycles. The quantitative estimate of drug-likeness (QED) is 0.835. The van der Waals surface area contributed by atoms with E-state index in [9.17, 15) is 4.79 Å². The molecule has 0 saturated carbocycles. The standard InChI is InChI=1S/C12H15ClO3/c1-8(14)5-6-11(12(15)16)9-3-2-4-10(13)7-9/h2-4,7-8,11,14H,5-6H2,1H3,(H,15,16). The molecule has 0 heterocycles. The van der Waals surface area contributed by atoms with Crippen molar-refractivity contribution in [2.45, 2.75) is 31.8 Å². The van der Waals surface area contributed by atoms with Crippen LogP contribution in [0.1, 0.15) is 31.2 Å². The summed E-state index contributed by atoms with van der Waals surface area (Å²) in [4.78, 5) is 11.1. The van der Waals surface area contributed by atoms with Crippen LogP contribution in [0, 0.1) is 0 Å². The first kappa shape index (κ1) is 13.0. The van der Waals surface area contributed by atoms with Crippen LogP contribution < -0.4 is 0 Å². The fraction of sp³-hybridized carbons (Fsp3) is 0.417. The Hall–Kier alpha value is -1.06. The minimum absolute atomic E-state index is 0.410. The molecule has 0 radical (unpaired) electrons. The Morgan fingerprint density at radius 3 is 2.62 bits per heavy atom. The summed E-state index contributed by atoms with van der Waals surface area (Å²) in [6.07, 6.45) is 0.387. The van der Waals surface area contributed by atoms with Crippen molar-refractivity contribution in [1.82, 2.24) is 0 Å². The number of halogens is 1. The zero-order valence-corrected chi connectivity index (χ0v) is 9.81. The van der Waals surface area contributed by atoms with Crippen LogP contribution in [0.4, 0.5) is 0 Å². The number of aliphatic hydroxyl groups is 1. The molecule has 2 unspecified atom stereocenters. The second-order valence-electron chi connectivity index (χ2n) is 3.87. The summed E-state index contributed by atoms with van der Waals surface area (Å²) in [7, 11) is 0. The molecule has 0 aliphatic rings. The number of rotatable bonds is 5. The number of aliphatic hydroxyl groups excluding tert-OH is 1. The molecule has 0 bridgehead atoms. The van der Waals surface area contributed by atoms with Gasteiger partial charge < -0.3 is 10.2 Å². The van der Waals surface area contributed by atoms with Gasteiger partial charge in [0.05, 0.1) is 12.0 Å². The van der Waals surface area contributed by atoms with Gasteiger partial charge in [0.25, 0.3) is 0 Å². The predicted octanol–water partition coefficient (Wildman–Crippen LogP) is 2.67. The SMILES string of the molecule is CC(O)CCC(C(=O)O)c1cccc(Cl)c1. The average Bonchev–Trinajstić information content (AvgIpc) is 2.17. The van der Waals surface area contributed by atoms with Crippen LogP contribution in [-0.2, 0) is 4.79 Å². The van der Waals surface area contributed by atoms with Crippen molar-refractivity contribution in [3.8, 4) is 0 Å². The fourth-order valence-electron chi connectivity index (χ4n) is 1.56. The first-order chi connectivity index (χ1) is 7.50. The summed E-state index contributed by atoms with van der Waals surface area (Å²) in [6.45, 7) is 1.65. The Kier molecular flexibility index (Phi) is 4.77. The van der Waals surface area contributed by atoms with E-state index in [0.29, 0.717) is 23.4 Å². The highest BCUT2D eigenvalue weighted by Gasteiger charge is 2.20. The molecule has 88 valence electrons. The lowest BCUT2D eigenvalue weighted by Gasteiger charge is -2.13. The van der Waals surface area contributed by atoms with Gasteiger partial charge in [-0.15, -0.1) is 0 Å². The van der Waals surface area contributed by atoms with Crippen LogP contribution >= 0.6 is 11.6 Å². The van der Waals surface area contributed by atoms with Crippen molar-refractivity contribution in [2.24, 2.45) is 0 Å². The van der Waals surface area contributed by atoms with Gasteiger partial charge in [0, 0.05) is 5.02 Å². The van der Waals surface area contributed by atoms with Gasteiger partial charge in [-0.1, -0.05) is 23.7 Å². The number of benzene rings is 1. The number of carbonyl (C=O) groups is 1. The van der Waals surface area contributed by atoms with E-state index in [-0.39, 0.29) is 0 Å². The van der Waals surface area contributed by atoms with Crippen molar-refractivity contribution in [3.05, 3.63) is 34.9 Å². The van der Waals surface area contributed by atoms with Gasteiger partial charge in [-0.25, -0.2) is 0 Å². The van der Waals surface area contributed by atoms with Crippen LogP contribution in [-0.4, -0.2) is 22.3 Å². The minimum atomic E-state index is -0.886. The average molecular weight is 243 g/mol. The first-order valence-corrected chi connectivity index (χ1v) is 5.55. The largest absolute Gasteiger partial charge is 0.481 e. The Morgan fingerprint density at radius 1 is 1.44 bits per heavy atom. The first-order valence-electron chi connectivity index (χ1n) is 5.17. The van der Waals surface area contributed by atoms with E-state index < -0.39 is 18.0 Å². The maximum atomic E-state index is 11.1. The van der Waals surface area contributed by atoms with Crippen LogP contribution in [0.25, 0.3) is 0 Å². The molecule has 0 aromatic heterocycles. The molecule has 2 atom stereocenters. The van der Waals surface area contributed by atoms with E-state index in [4.69, 9.17) is 21.8 Å². The molecule has 1 rings (SSSR count). The van der Waals surface area contributed by atoms with E-state index in [1.165, 1.54) is 0 Å². The number of hydrogen-bond donors (Lipinski definition) is 2. The summed E-state index contributed by atoms with van der Waals surface area (Å²) < 4.78 is 0. The van der Waals surface area contributed by atoms with E-state index in [2.05, 4.69) is 0 Å². The Balaban J connectivity index is 2.81. The number of carboxylic acid groups (broad SMARTS) is 1. The topological polar surface area (TPSA) is 57.5 Å². The molecule has 0 spiro atoms. The molecule has 1 aromatic carbocycles. The maximum Gasteiger partial charge on any atom is 0.310 e. The number of aliphatic carboxylic acids is 1. The molecule has 0 aliphatic heterocycles. The van der Waals surface area contributed by atoms with Gasteiger partial charge in [0.2, 0.25) is 0 Å². The van der Waals surface area contributed by atoms with Gasteiger partial charge in [-0.05, 0) is 37.5 Å². The van der Waals surface area contributed by atoms with Crippen LogP contribution in [0.5, 0.6) is 0 Å². The van der Waals surface area contributed by atoms with E-state index in [0.717, 1.165) is 0 Å². The zero-order valence-electron chi connectivity index (χ0n) is 9.06. The van der Waals surface area contributed by atoms with Gasteiger partial charge in [0.15, 0.2) is 0 Å². The maximum absolute atomic E-state index is 11.1. The highest BCUT2D eigenvalue weighted by molar-refractivity contribution is 6.30. The van der Waals surface area contributed by atoms with Crippen LogP contribution in [0.2, 0.25) is 5.02 Å². The Labute approximate surface area is 99.7 Å². The van der Waals surface area contributed by atoms with Gasteiger partial charge in [-0.3, -0.25) is 4.79 Å². The van der Waals surface area contributed by atoms with Crippen molar-refractivity contribution in [1.29, 1.82) is 0 Å². The van der Waals surface area contributed by atoms with E-state index >= 15 is 0 Å². The summed E-state index contributed by atoms with van der Waals surface area (Å²) in [5.74, 6) is -1.49. The lowest BCUT2D eigenvalue weighted by molar-refractivity contribution is -0.139. The molecule has 4 heteroatoms. The number of hydrogen-bond acceptors (Lipinski definition) is 2. The van der Waals surface area contributed by atoms with Crippen LogP contribution in [0.15, 0.2) is 24.3 Å². The smallest absolute Gasteiger partial charge is 0.310 e. The van der Waals surface area contributed by atoms with E-state index in [1.807, 2.05) is 0 Å². The normalized spacial score (nSPS) is 14.4. The van der Waals surface area contributed by atoms with Gasteiger partial charge in [0.1, 0.15) is 0 Å². The molecule has 0 saturated heterocycles. The highest BCUT2D eigenvalue weighted by Crippen LogP contribution is 2.24. The minimum Gasteiger partial charge on any atom is -0.481 e. The third-order valence-corrected chi connectivity index (χ3v) is 2.66. The Bertz CT molecular complexity index is 363.